The quantitative estimate of drug-likeness (QED) is 0.752. The first-order valence-corrected chi connectivity index (χ1v) is 5.73. The Hall–Kier alpha value is -1.36. The number of fused-ring (bicyclic) bond motifs is 1. The van der Waals surface area contributed by atoms with E-state index < -0.39 is 0 Å². The Bertz CT molecular complexity index is 415. The van der Waals surface area contributed by atoms with Crippen molar-refractivity contribution < 1.29 is 9.32 Å². The van der Waals surface area contributed by atoms with Gasteiger partial charge in [0, 0.05) is 24.7 Å². The summed E-state index contributed by atoms with van der Waals surface area (Å²) in [5, 5.41) is 7.18. The molecule has 1 amide bonds. The van der Waals surface area contributed by atoms with Gasteiger partial charge in [-0.3, -0.25) is 4.79 Å². The summed E-state index contributed by atoms with van der Waals surface area (Å²) < 4.78 is 5.03. The van der Waals surface area contributed by atoms with Crippen LogP contribution in [0, 0.1) is 6.92 Å². The van der Waals surface area contributed by atoms with Crippen LogP contribution in [0.2, 0.25) is 0 Å². The molecule has 5 nitrogen and oxygen atoms in total. The lowest BCUT2D eigenvalue weighted by Crippen LogP contribution is -2.38. The summed E-state index contributed by atoms with van der Waals surface area (Å²) in [4.78, 5) is 14.1. The number of rotatable bonds is 1. The van der Waals surface area contributed by atoms with Crippen molar-refractivity contribution in [1.29, 1.82) is 0 Å². The van der Waals surface area contributed by atoms with Gasteiger partial charge in [-0.05, 0) is 26.3 Å². The molecule has 2 aliphatic heterocycles. The molecule has 16 heavy (non-hydrogen) atoms. The normalized spacial score (nSPS) is 28.4. The first-order chi connectivity index (χ1) is 7.75. The van der Waals surface area contributed by atoms with E-state index in [-0.39, 0.29) is 5.91 Å². The molecule has 1 aromatic rings. The fraction of sp³-hybridized carbons (Fsp3) is 0.636. The molecule has 5 heteroatoms. The molecular formula is C11H15N3O2. The second kappa shape index (κ2) is 3.59. The van der Waals surface area contributed by atoms with E-state index in [4.69, 9.17) is 4.52 Å². The molecule has 3 heterocycles. The largest absolute Gasteiger partial charge is 0.351 e. The second-order valence-corrected chi connectivity index (χ2v) is 4.54. The van der Waals surface area contributed by atoms with E-state index in [1.807, 2.05) is 11.8 Å². The van der Waals surface area contributed by atoms with Crippen molar-refractivity contribution in [3.8, 4) is 0 Å². The van der Waals surface area contributed by atoms with Gasteiger partial charge in [0.1, 0.15) is 0 Å². The summed E-state index contributed by atoms with van der Waals surface area (Å²) in [6.45, 7) is 3.65. The summed E-state index contributed by atoms with van der Waals surface area (Å²) in [6, 6.07) is 2.53. The number of likely N-dealkylation sites (tertiary alicyclic amines) is 1. The summed E-state index contributed by atoms with van der Waals surface area (Å²) >= 11 is 0. The Morgan fingerprint density at radius 1 is 1.62 bits per heavy atom. The van der Waals surface area contributed by atoms with Crippen LogP contribution in [0.5, 0.6) is 0 Å². The zero-order chi connectivity index (χ0) is 11.1. The average Bonchev–Trinajstić information content (AvgIpc) is 2.90. The maximum absolute atomic E-state index is 12.2. The van der Waals surface area contributed by atoms with Crippen LogP contribution in [-0.4, -0.2) is 41.1 Å². The van der Waals surface area contributed by atoms with Gasteiger partial charge < -0.3 is 14.7 Å². The van der Waals surface area contributed by atoms with Crippen LogP contribution in [0.25, 0.3) is 0 Å². The highest BCUT2D eigenvalue weighted by Gasteiger charge is 2.40. The van der Waals surface area contributed by atoms with Crippen molar-refractivity contribution >= 4 is 5.91 Å². The molecule has 2 atom stereocenters. The lowest BCUT2D eigenvalue weighted by atomic mass is 10.1. The van der Waals surface area contributed by atoms with E-state index in [1.165, 1.54) is 0 Å². The fourth-order valence-corrected chi connectivity index (χ4v) is 2.72. The minimum Gasteiger partial charge on any atom is -0.351 e. The van der Waals surface area contributed by atoms with Gasteiger partial charge in [-0.25, -0.2) is 0 Å². The van der Waals surface area contributed by atoms with Crippen LogP contribution >= 0.6 is 0 Å². The first-order valence-electron chi connectivity index (χ1n) is 5.73. The maximum Gasteiger partial charge on any atom is 0.292 e. The predicted molar refractivity (Wildman–Crippen MR) is 57.1 cm³/mol. The Labute approximate surface area is 93.8 Å². The molecule has 2 fully saturated rings. The fourth-order valence-electron chi connectivity index (χ4n) is 2.72. The number of amides is 1. The minimum absolute atomic E-state index is 0.0169. The smallest absolute Gasteiger partial charge is 0.292 e. The minimum atomic E-state index is -0.0169. The van der Waals surface area contributed by atoms with E-state index in [1.54, 1.807) is 6.07 Å². The van der Waals surface area contributed by atoms with E-state index in [0.29, 0.717) is 17.8 Å². The van der Waals surface area contributed by atoms with Gasteiger partial charge >= 0.3 is 0 Å². The number of carbonyl (C=O) groups excluding carboxylic acids is 1. The number of nitrogens with zero attached hydrogens (tertiary/aromatic N) is 2. The number of hydrogen-bond donors (Lipinski definition) is 1. The van der Waals surface area contributed by atoms with Gasteiger partial charge in [-0.15, -0.1) is 0 Å². The second-order valence-electron chi connectivity index (χ2n) is 4.54. The number of carbonyl (C=O) groups is 1. The standard InChI is InChI=1S/C11H15N3O2/c1-7-6-10(16-13-7)11(15)14-5-3-8-9(14)2-4-12-8/h6,8-9,12H,2-5H2,1H3. The molecule has 0 saturated carbocycles. The maximum atomic E-state index is 12.2. The van der Waals surface area contributed by atoms with Crippen molar-refractivity contribution in [2.24, 2.45) is 0 Å². The molecule has 86 valence electrons. The third-order valence-electron chi connectivity index (χ3n) is 3.49. The van der Waals surface area contributed by atoms with Crippen molar-refractivity contribution in [2.75, 3.05) is 13.1 Å². The highest BCUT2D eigenvalue weighted by molar-refractivity contribution is 5.92. The van der Waals surface area contributed by atoms with E-state index in [9.17, 15) is 4.79 Å². The van der Waals surface area contributed by atoms with Gasteiger partial charge in [0.25, 0.3) is 5.91 Å². The van der Waals surface area contributed by atoms with Gasteiger partial charge in [0.05, 0.1) is 5.69 Å². The Morgan fingerprint density at radius 3 is 3.25 bits per heavy atom. The molecule has 0 aromatic carbocycles. The molecule has 0 bridgehead atoms. The predicted octanol–water partition coefficient (Wildman–Crippen LogP) is 0.559. The van der Waals surface area contributed by atoms with Crippen LogP contribution in [0.1, 0.15) is 29.1 Å². The molecule has 2 unspecified atom stereocenters. The molecular weight excluding hydrogens is 206 g/mol. The van der Waals surface area contributed by atoms with Gasteiger partial charge in [0.15, 0.2) is 0 Å². The van der Waals surface area contributed by atoms with Crippen LogP contribution in [-0.2, 0) is 0 Å². The lowest BCUT2D eigenvalue weighted by Gasteiger charge is -2.21. The number of aromatic nitrogens is 1. The number of aryl methyl sites for hydroxylation is 1. The van der Waals surface area contributed by atoms with Crippen LogP contribution < -0.4 is 5.32 Å². The Balaban J connectivity index is 1.80. The summed E-state index contributed by atoms with van der Waals surface area (Å²) in [5.41, 5.74) is 0.753. The van der Waals surface area contributed by atoms with Crippen molar-refractivity contribution in [3.05, 3.63) is 17.5 Å². The highest BCUT2D eigenvalue weighted by Crippen LogP contribution is 2.26. The number of hydrogen-bond acceptors (Lipinski definition) is 4. The zero-order valence-electron chi connectivity index (χ0n) is 9.27. The lowest BCUT2D eigenvalue weighted by molar-refractivity contribution is 0.0694. The third-order valence-corrected chi connectivity index (χ3v) is 3.49. The van der Waals surface area contributed by atoms with E-state index in [0.717, 1.165) is 31.6 Å². The van der Waals surface area contributed by atoms with Crippen LogP contribution in [0.4, 0.5) is 0 Å². The first kappa shape index (κ1) is 9.84. The molecule has 0 radical (unpaired) electrons. The summed E-state index contributed by atoms with van der Waals surface area (Å²) in [6.07, 6.45) is 2.09. The summed E-state index contributed by atoms with van der Waals surface area (Å²) in [5.74, 6) is 0.349. The monoisotopic (exact) mass is 221 g/mol. The Kier molecular flexibility index (Phi) is 2.21. The van der Waals surface area contributed by atoms with Gasteiger partial charge in [0.2, 0.25) is 5.76 Å². The van der Waals surface area contributed by atoms with E-state index >= 15 is 0 Å². The van der Waals surface area contributed by atoms with Crippen molar-refractivity contribution in [2.45, 2.75) is 31.8 Å². The van der Waals surface area contributed by atoms with Crippen LogP contribution in [0.15, 0.2) is 10.6 Å². The number of nitrogens with one attached hydrogen (secondary N) is 1. The highest BCUT2D eigenvalue weighted by atomic mass is 16.5. The zero-order valence-corrected chi connectivity index (χ0v) is 9.27. The SMILES string of the molecule is Cc1cc(C(=O)N2CCC3NCCC32)on1. The molecule has 0 aliphatic carbocycles. The van der Waals surface area contributed by atoms with E-state index in [2.05, 4.69) is 10.5 Å². The average molecular weight is 221 g/mol. The Morgan fingerprint density at radius 2 is 2.50 bits per heavy atom. The molecule has 2 saturated heterocycles. The van der Waals surface area contributed by atoms with Crippen molar-refractivity contribution in [3.63, 3.8) is 0 Å². The molecule has 3 rings (SSSR count). The molecule has 1 aromatic heterocycles. The molecule has 2 aliphatic rings. The molecule has 0 spiro atoms. The third kappa shape index (κ3) is 1.43. The van der Waals surface area contributed by atoms with Crippen molar-refractivity contribution in [1.82, 2.24) is 15.4 Å². The summed E-state index contributed by atoms with van der Waals surface area (Å²) in [7, 11) is 0. The van der Waals surface area contributed by atoms with Gasteiger partial charge in [-0.1, -0.05) is 5.16 Å². The molecule has 1 N–H and O–H groups in total. The topological polar surface area (TPSA) is 58.4 Å². The van der Waals surface area contributed by atoms with Crippen LogP contribution in [0.3, 0.4) is 0 Å². The van der Waals surface area contributed by atoms with Gasteiger partial charge in [-0.2, -0.15) is 0 Å².